The van der Waals surface area contributed by atoms with E-state index >= 15 is 0 Å². The average Bonchev–Trinajstić information content (AvgIpc) is 2.87. The molecule has 0 aliphatic heterocycles. The molecule has 0 aliphatic carbocycles. The third-order valence-corrected chi connectivity index (χ3v) is 3.92. The van der Waals surface area contributed by atoms with Crippen LogP contribution in [-0.2, 0) is 16.1 Å². The van der Waals surface area contributed by atoms with E-state index < -0.39 is 30.1 Å². The van der Waals surface area contributed by atoms with Gasteiger partial charge in [-0.2, -0.15) is 5.10 Å². The molecule has 6 nitrogen and oxygen atoms in total. The number of amides is 1. The van der Waals surface area contributed by atoms with E-state index in [0.717, 1.165) is 25.0 Å². The van der Waals surface area contributed by atoms with Gasteiger partial charge in [-0.25, -0.2) is 13.6 Å². The Labute approximate surface area is 154 Å². The van der Waals surface area contributed by atoms with Crippen molar-refractivity contribution >= 4 is 29.2 Å². The highest BCUT2D eigenvalue weighted by atomic mass is 35.5. The zero-order valence-corrected chi connectivity index (χ0v) is 15.1. The molecule has 140 valence electrons. The molecule has 2 rings (SSSR count). The number of hydrogen-bond acceptors (Lipinski definition) is 4. The van der Waals surface area contributed by atoms with Crippen molar-refractivity contribution in [2.24, 2.45) is 0 Å². The second kappa shape index (κ2) is 8.75. The quantitative estimate of drug-likeness (QED) is 0.737. The number of aromatic nitrogens is 2. The molecule has 0 radical (unpaired) electrons. The average molecular weight is 386 g/mol. The van der Waals surface area contributed by atoms with E-state index in [1.807, 2.05) is 6.92 Å². The smallest absolute Gasteiger partial charge is 0.343 e. The van der Waals surface area contributed by atoms with Gasteiger partial charge in [0.1, 0.15) is 22.4 Å². The molecular formula is C17H18ClF2N3O3. The fourth-order valence-corrected chi connectivity index (χ4v) is 2.56. The van der Waals surface area contributed by atoms with E-state index in [4.69, 9.17) is 16.3 Å². The minimum absolute atomic E-state index is 0.0866. The standard InChI is InChI=1S/C17H18ClF2N3O3/c1-3-4-7-23-16(18)15(10(2)22-23)17(25)26-9-14(24)21-13-6-5-11(19)8-12(13)20/h5-6,8H,3-4,7,9H2,1-2H3,(H,21,24). The van der Waals surface area contributed by atoms with Gasteiger partial charge in [0, 0.05) is 12.6 Å². The second-order valence-corrected chi connectivity index (χ2v) is 5.93. The highest BCUT2D eigenvalue weighted by Crippen LogP contribution is 2.21. The van der Waals surface area contributed by atoms with Gasteiger partial charge in [-0.1, -0.05) is 24.9 Å². The summed E-state index contributed by atoms with van der Waals surface area (Å²) < 4.78 is 32.8. The van der Waals surface area contributed by atoms with Crippen LogP contribution in [-0.4, -0.2) is 28.3 Å². The molecule has 0 bridgehead atoms. The molecule has 1 N–H and O–H groups in total. The number of benzene rings is 1. The van der Waals surface area contributed by atoms with Crippen molar-refractivity contribution in [3.8, 4) is 0 Å². The second-order valence-electron chi connectivity index (χ2n) is 5.58. The van der Waals surface area contributed by atoms with Gasteiger partial charge in [-0.15, -0.1) is 0 Å². The van der Waals surface area contributed by atoms with Gasteiger partial charge in [0.15, 0.2) is 6.61 Å². The monoisotopic (exact) mass is 385 g/mol. The van der Waals surface area contributed by atoms with E-state index in [2.05, 4.69) is 10.4 Å². The maximum Gasteiger partial charge on any atom is 0.343 e. The summed E-state index contributed by atoms with van der Waals surface area (Å²) in [5.41, 5.74) is 0.263. The fourth-order valence-electron chi connectivity index (χ4n) is 2.22. The summed E-state index contributed by atoms with van der Waals surface area (Å²) in [6, 6.07) is 2.71. The predicted molar refractivity (Wildman–Crippen MR) is 92.2 cm³/mol. The molecule has 2 aromatic rings. The highest BCUT2D eigenvalue weighted by molar-refractivity contribution is 6.32. The number of esters is 1. The number of carbonyl (C=O) groups excluding carboxylic acids is 2. The lowest BCUT2D eigenvalue weighted by atomic mass is 10.2. The lowest BCUT2D eigenvalue weighted by molar-refractivity contribution is -0.119. The first-order valence-electron chi connectivity index (χ1n) is 7.98. The SMILES string of the molecule is CCCCn1nc(C)c(C(=O)OCC(=O)Nc2ccc(F)cc2F)c1Cl. The maximum absolute atomic E-state index is 13.5. The number of nitrogens with one attached hydrogen (secondary N) is 1. The number of unbranched alkanes of at least 4 members (excludes halogenated alkanes) is 1. The first-order chi connectivity index (χ1) is 12.3. The van der Waals surface area contributed by atoms with Gasteiger partial charge in [0.2, 0.25) is 0 Å². The van der Waals surface area contributed by atoms with Gasteiger partial charge in [-0.05, 0) is 25.5 Å². The van der Waals surface area contributed by atoms with Crippen LogP contribution < -0.4 is 5.32 Å². The van der Waals surface area contributed by atoms with Crippen LogP contribution in [0.1, 0.15) is 35.8 Å². The molecule has 26 heavy (non-hydrogen) atoms. The number of anilines is 1. The predicted octanol–water partition coefficient (Wildman–Crippen LogP) is 3.72. The molecule has 0 saturated carbocycles. The molecule has 1 aromatic carbocycles. The summed E-state index contributed by atoms with van der Waals surface area (Å²) in [4.78, 5) is 24.0. The molecule has 0 fully saturated rings. The van der Waals surface area contributed by atoms with Crippen molar-refractivity contribution in [2.75, 3.05) is 11.9 Å². The summed E-state index contributed by atoms with van der Waals surface area (Å²) in [6.07, 6.45) is 1.79. The minimum atomic E-state index is -0.930. The summed E-state index contributed by atoms with van der Waals surface area (Å²) in [5.74, 6) is -3.26. The van der Waals surface area contributed by atoms with Crippen molar-refractivity contribution in [1.29, 1.82) is 0 Å². The van der Waals surface area contributed by atoms with Gasteiger partial charge in [0.25, 0.3) is 5.91 Å². The zero-order valence-electron chi connectivity index (χ0n) is 14.3. The summed E-state index contributed by atoms with van der Waals surface area (Å²) in [6.45, 7) is 3.54. The first kappa shape index (κ1) is 19.8. The zero-order chi connectivity index (χ0) is 19.3. The number of carbonyl (C=O) groups is 2. The number of hydrogen-bond donors (Lipinski definition) is 1. The lowest BCUT2D eigenvalue weighted by Gasteiger charge is -2.07. The molecular weight excluding hydrogens is 368 g/mol. The fraction of sp³-hybridized carbons (Fsp3) is 0.353. The summed E-state index contributed by atoms with van der Waals surface area (Å²) in [7, 11) is 0. The van der Waals surface area contributed by atoms with Gasteiger partial charge in [0.05, 0.1) is 11.4 Å². The van der Waals surface area contributed by atoms with Crippen molar-refractivity contribution in [1.82, 2.24) is 9.78 Å². The largest absolute Gasteiger partial charge is 0.452 e. The lowest BCUT2D eigenvalue weighted by Crippen LogP contribution is -2.21. The summed E-state index contributed by atoms with van der Waals surface area (Å²) in [5, 5.41) is 6.52. The number of halogens is 3. The van der Waals surface area contributed by atoms with E-state index in [1.165, 1.54) is 4.68 Å². The Morgan fingerprint density at radius 1 is 1.35 bits per heavy atom. The molecule has 0 atom stereocenters. The van der Waals surface area contributed by atoms with Gasteiger partial charge in [-0.3, -0.25) is 9.48 Å². The Balaban J connectivity index is 1.98. The molecule has 1 aromatic heterocycles. The molecule has 0 aliphatic rings. The Kier molecular flexibility index (Phi) is 6.68. The number of rotatable bonds is 7. The topological polar surface area (TPSA) is 73.2 Å². The van der Waals surface area contributed by atoms with Gasteiger partial charge < -0.3 is 10.1 Å². The molecule has 9 heteroatoms. The van der Waals surface area contributed by atoms with Crippen LogP contribution in [0.4, 0.5) is 14.5 Å². The van der Waals surface area contributed by atoms with E-state index in [0.29, 0.717) is 18.3 Å². The Morgan fingerprint density at radius 2 is 2.08 bits per heavy atom. The van der Waals surface area contributed by atoms with E-state index in [-0.39, 0.29) is 16.4 Å². The van der Waals surface area contributed by atoms with Crippen LogP contribution in [0.25, 0.3) is 0 Å². The third kappa shape index (κ3) is 4.78. The van der Waals surface area contributed by atoms with Crippen LogP contribution >= 0.6 is 11.6 Å². The van der Waals surface area contributed by atoms with E-state index in [1.54, 1.807) is 6.92 Å². The summed E-state index contributed by atoms with van der Waals surface area (Å²) >= 11 is 6.15. The molecule has 1 amide bonds. The molecule has 0 saturated heterocycles. The van der Waals surface area contributed by atoms with Crippen LogP contribution in [0.3, 0.4) is 0 Å². The Morgan fingerprint density at radius 3 is 2.73 bits per heavy atom. The number of aryl methyl sites for hydroxylation is 2. The van der Waals surface area contributed by atoms with E-state index in [9.17, 15) is 18.4 Å². The van der Waals surface area contributed by atoms with Crippen LogP contribution in [0, 0.1) is 18.6 Å². The van der Waals surface area contributed by atoms with Gasteiger partial charge >= 0.3 is 5.97 Å². The minimum Gasteiger partial charge on any atom is -0.452 e. The van der Waals surface area contributed by atoms with Crippen LogP contribution in [0.5, 0.6) is 0 Å². The first-order valence-corrected chi connectivity index (χ1v) is 8.36. The molecule has 0 spiro atoms. The Bertz CT molecular complexity index is 824. The van der Waals surface area contributed by atoms with Crippen molar-refractivity contribution in [2.45, 2.75) is 33.2 Å². The van der Waals surface area contributed by atoms with Crippen molar-refractivity contribution in [3.63, 3.8) is 0 Å². The third-order valence-electron chi connectivity index (χ3n) is 3.53. The highest BCUT2D eigenvalue weighted by Gasteiger charge is 2.22. The van der Waals surface area contributed by atoms with Crippen molar-refractivity contribution < 1.29 is 23.1 Å². The number of ether oxygens (including phenoxy) is 1. The van der Waals surface area contributed by atoms with Crippen LogP contribution in [0.2, 0.25) is 5.15 Å². The number of nitrogens with zero attached hydrogens (tertiary/aromatic N) is 2. The molecule has 1 heterocycles. The van der Waals surface area contributed by atoms with Crippen molar-refractivity contribution in [3.05, 3.63) is 46.2 Å². The molecule has 0 unspecified atom stereocenters. The Hall–Kier alpha value is -2.48. The van der Waals surface area contributed by atoms with Crippen LogP contribution in [0.15, 0.2) is 18.2 Å². The maximum atomic E-state index is 13.5. The normalized spacial score (nSPS) is 10.7.